The van der Waals surface area contributed by atoms with Gasteiger partial charge in [-0.15, -0.1) is 0 Å². The van der Waals surface area contributed by atoms with Crippen molar-refractivity contribution in [2.75, 3.05) is 19.0 Å². The van der Waals surface area contributed by atoms with Gasteiger partial charge in [0.05, 0.1) is 25.7 Å². The molecule has 0 aromatic heterocycles. The topological polar surface area (TPSA) is 140 Å². The van der Waals surface area contributed by atoms with Crippen LogP contribution in [0.25, 0.3) is 0 Å². The van der Waals surface area contributed by atoms with E-state index < -0.39 is 35.6 Å². The summed E-state index contributed by atoms with van der Waals surface area (Å²) in [5.74, 6) is -2.11. The van der Waals surface area contributed by atoms with Crippen LogP contribution < -0.4 is 24.8 Å². The van der Waals surface area contributed by atoms with Gasteiger partial charge in [0.15, 0.2) is 0 Å². The Balaban J connectivity index is 1.25. The second-order valence-corrected chi connectivity index (χ2v) is 11.6. The molecule has 262 valence electrons. The number of rotatable bonds is 18. The molecule has 4 rings (SSSR count). The number of amides is 2. The van der Waals surface area contributed by atoms with Gasteiger partial charge in [-0.25, -0.2) is 14.0 Å². The summed E-state index contributed by atoms with van der Waals surface area (Å²) in [7, 11) is 1.42. The van der Waals surface area contributed by atoms with Gasteiger partial charge in [0, 0.05) is 23.7 Å². The number of halogens is 1. The molecule has 11 heteroatoms. The second kappa shape index (κ2) is 18.7. The Hall–Kier alpha value is -5.71. The van der Waals surface area contributed by atoms with Crippen LogP contribution in [0.4, 0.5) is 10.1 Å². The molecule has 4 aromatic carbocycles. The summed E-state index contributed by atoms with van der Waals surface area (Å²) >= 11 is 0. The number of nitrogens with one attached hydrogen (secondary N) is 2. The van der Waals surface area contributed by atoms with Crippen molar-refractivity contribution < 1.29 is 42.9 Å². The van der Waals surface area contributed by atoms with Crippen molar-refractivity contribution in [3.8, 4) is 17.2 Å². The van der Waals surface area contributed by atoms with E-state index in [1.807, 2.05) is 0 Å². The first-order valence-electron chi connectivity index (χ1n) is 16.4. The first-order chi connectivity index (χ1) is 24.1. The Bertz CT molecular complexity index is 1740. The fraction of sp³-hybridized carbons (Fsp3) is 0.282. The first-order valence-corrected chi connectivity index (χ1v) is 16.4. The van der Waals surface area contributed by atoms with E-state index in [-0.39, 0.29) is 29.7 Å². The standard InChI is InChI=1S/C39H41FN2O8/c1-3-4-5-6-7-22-49-31-19-12-28(13-20-31)39(47)50-32-17-8-26(9-18-32)23-35(38(45)46)42-37(44)27-10-15-30(16-11-27)41-36(43)24-29-14-21-33(48-2)25-34(29)40/h8-21,25,35H,3-7,22-24H2,1-2H3,(H,41,43)(H,42,44)(H,45,46)/t35-/m0/s1. The largest absolute Gasteiger partial charge is 0.497 e. The maximum Gasteiger partial charge on any atom is 0.343 e. The van der Waals surface area contributed by atoms with E-state index in [9.17, 15) is 28.7 Å². The minimum atomic E-state index is -1.24. The van der Waals surface area contributed by atoms with E-state index in [0.717, 1.165) is 12.8 Å². The highest BCUT2D eigenvalue weighted by molar-refractivity contribution is 5.98. The van der Waals surface area contributed by atoms with Gasteiger partial charge in [0.1, 0.15) is 29.1 Å². The molecule has 3 N–H and O–H groups in total. The second-order valence-electron chi connectivity index (χ2n) is 11.6. The highest BCUT2D eigenvalue weighted by atomic mass is 19.1. The Kier molecular flexibility index (Phi) is 13.9. The van der Waals surface area contributed by atoms with E-state index in [4.69, 9.17) is 14.2 Å². The van der Waals surface area contributed by atoms with Crippen molar-refractivity contribution in [1.82, 2.24) is 5.32 Å². The summed E-state index contributed by atoms with van der Waals surface area (Å²) in [5.41, 5.74) is 1.72. The summed E-state index contributed by atoms with van der Waals surface area (Å²) in [4.78, 5) is 49.9. The molecule has 10 nitrogen and oxygen atoms in total. The molecule has 0 spiro atoms. The van der Waals surface area contributed by atoms with Crippen LogP contribution in [0.3, 0.4) is 0 Å². The van der Waals surface area contributed by atoms with Crippen LogP contribution in [0.5, 0.6) is 17.2 Å². The number of unbranched alkanes of at least 4 members (excludes halogenated alkanes) is 4. The third-order valence-electron chi connectivity index (χ3n) is 7.83. The van der Waals surface area contributed by atoms with Gasteiger partial charge < -0.3 is 30.0 Å². The van der Waals surface area contributed by atoms with E-state index in [2.05, 4.69) is 17.6 Å². The lowest BCUT2D eigenvalue weighted by Crippen LogP contribution is -2.42. The van der Waals surface area contributed by atoms with Gasteiger partial charge in [-0.1, -0.05) is 50.8 Å². The van der Waals surface area contributed by atoms with Crippen LogP contribution in [0, 0.1) is 5.82 Å². The van der Waals surface area contributed by atoms with Crippen molar-refractivity contribution in [1.29, 1.82) is 0 Å². The minimum absolute atomic E-state index is 0.0224. The molecule has 2 amide bonds. The quantitative estimate of drug-likeness (QED) is 0.0578. The maximum atomic E-state index is 14.2. The number of carbonyl (C=O) groups excluding carboxylic acids is 3. The minimum Gasteiger partial charge on any atom is -0.497 e. The number of methoxy groups -OCH3 is 1. The number of carboxylic acids is 1. The van der Waals surface area contributed by atoms with Gasteiger partial charge in [-0.3, -0.25) is 9.59 Å². The summed E-state index contributed by atoms with van der Waals surface area (Å²) in [6.07, 6.45) is 5.49. The van der Waals surface area contributed by atoms with E-state index in [1.54, 1.807) is 54.6 Å². The van der Waals surface area contributed by atoms with Crippen LogP contribution in [0.1, 0.15) is 70.9 Å². The Labute approximate surface area is 290 Å². The third-order valence-corrected chi connectivity index (χ3v) is 7.83. The summed E-state index contributed by atoms with van der Waals surface area (Å²) < 4.78 is 30.4. The van der Waals surface area contributed by atoms with Gasteiger partial charge in [-0.2, -0.15) is 0 Å². The number of benzene rings is 4. The molecule has 0 radical (unpaired) electrons. The monoisotopic (exact) mass is 684 g/mol. The van der Waals surface area contributed by atoms with Crippen LogP contribution in [0.2, 0.25) is 0 Å². The number of ether oxygens (including phenoxy) is 3. The van der Waals surface area contributed by atoms with Crippen molar-refractivity contribution >= 4 is 29.4 Å². The predicted octanol–water partition coefficient (Wildman–Crippen LogP) is 7.01. The number of aliphatic carboxylic acids is 1. The lowest BCUT2D eigenvalue weighted by molar-refractivity contribution is -0.139. The average Bonchev–Trinajstić information content (AvgIpc) is 3.11. The van der Waals surface area contributed by atoms with Gasteiger partial charge in [-0.05, 0) is 84.3 Å². The molecule has 0 saturated heterocycles. The Morgan fingerprint density at radius 2 is 1.42 bits per heavy atom. The number of esters is 1. The number of anilines is 1. The van der Waals surface area contributed by atoms with Crippen molar-refractivity contribution in [3.05, 3.63) is 119 Å². The highest BCUT2D eigenvalue weighted by Crippen LogP contribution is 2.20. The molecule has 0 fully saturated rings. The van der Waals surface area contributed by atoms with Gasteiger partial charge >= 0.3 is 11.9 Å². The zero-order valence-electron chi connectivity index (χ0n) is 28.1. The molecule has 50 heavy (non-hydrogen) atoms. The Morgan fingerprint density at radius 1 is 0.780 bits per heavy atom. The number of hydrogen-bond donors (Lipinski definition) is 3. The molecule has 4 aromatic rings. The van der Waals surface area contributed by atoms with E-state index >= 15 is 0 Å². The predicted molar refractivity (Wildman–Crippen MR) is 186 cm³/mol. The fourth-order valence-corrected chi connectivity index (χ4v) is 5.00. The Morgan fingerprint density at radius 3 is 2.06 bits per heavy atom. The molecule has 0 aliphatic carbocycles. The molecule has 0 heterocycles. The van der Waals surface area contributed by atoms with Crippen LogP contribution in [0.15, 0.2) is 91.0 Å². The third kappa shape index (κ3) is 11.5. The molecule has 0 unspecified atom stereocenters. The molecule has 0 saturated carbocycles. The van der Waals surface area contributed by atoms with Crippen molar-refractivity contribution in [2.24, 2.45) is 0 Å². The van der Waals surface area contributed by atoms with Crippen molar-refractivity contribution in [3.63, 3.8) is 0 Å². The number of carboxylic acid groups (broad SMARTS) is 1. The van der Waals surface area contributed by atoms with Crippen LogP contribution in [-0.2, 0) is 22.4 Å². The van der Waals surface area contributed by atoms with Crippen LogP contribution in [-0.4, -0.2) is 48.6 Å². The molecule has 0 bridgehead atoms. The summed E-state index contributed by atoms with van der Waals surface area (Å²) in [6.45, 7) is 2.80. The lowest BCUT2D eigenvalue weighted by atomic mass is 10.0. The maximum absolute atomic E-state index is 14.2. The van der Waals surface area contributed by atoms with Crippen LogP contribution >= 0.6 is 0 Å². The molecule has 0 aliphatic rings. The smallest absolute Gasteiger partial charge is 0.343 e. The number of carbonyl (C=O) groups is 4. The lowest BCUT2D eigenvalue weighted by Gasteiger charge is -2.15. The first kappa shape index (κ1) is 37.1. The zero-order valence-corrected chi connectivity index (χ0v) is 28.1. The SMILES string of the molecule is CCCCCCCOc1ccc(C(=O)Oc2ccc(C[C@H](NC(=O)c3ccc(NC(=O)Cc4ccc(OC)cc4F)cc3)C(=O)O)cc2)cc1. The normalized spacial score (nSPS) is 11.3. The number of hydrogen-bond acceptors (Lipinski definition) is 7. The molecule has 1 atom stereocenters. The summed E-state index contributed by atoms with van der Waals surface area (Å²) in [5, 5.41) is 14.9. The average molecular weight is 685 g/mol. The fourth-order valence-electron chi connectivity index (χ4n) is 5.00. The van der Waals surface area contributed by atoms with E-state index in [0.29, 0.717) is 34.9 Å². The van der Waals surface area contributed by atoms with E-state index in [1.165, 1.54) is 62.8 Å². The zero-order chi connectivity index (χ0) is 35.9. The molecular weight excluding hydrogens is 643 g/mol. The highest BCUT2D eigenvalue weighted by Gasteiger charge is 2.22. The van der Waals surface area contributed by atoms with Crippen molar-refractivity contribution in [2.45, 2.75) is 57.9 Å². The van der Waals surface area contributed by atoms with Gasteiger partial charge in [0.25, 0.3) is 5.91 Å². The molecular formula is C39H41FN2O8. The van der Waals surface area contributed by atoms with Gasteiger partial charge in [0.2, 0.25) is 5.91 Å². The molecule has 0 aliphatic heterocycles. The summed E-state index contributed by atoms with van der Waals surface area (Å²) in [6, 6.07) is 21.9.